The van der Waals surface area contributed by atoms with Gasteiger partial charge >= 0.3 is 0 Å². The maximum atomic E-state index is 12.6. The highest BCUT2D eigenvalue weighted by Gasteiger charge is 2.30. The van der Waals surface area contributed by atoms with E-state index >= 15 is 0 Å². The third-order valence-corrected chi connectivity index (χ3v) is 4.01. The summed E-state index contributed by atoms with van der Waals surface area (Å²) in [5, 5.41) is 9.19. The minimum absolute atomic E-state index is 0.0905. The molecule has 106 valence electrons. The van der Waals surface area contributed by atoms with Gasteiger partial charge in [-0.25, -0.2) is 0 Å². The zero-order chi connectivity index (χ0) is 13.4. The van der Waals surface area contributed by atoms with E-state index in [4.69, 9.17) is 0 Å². The Labute approximate surface area is 112 Å². The lowest BCUT2D eigenvalue weighted by Crippen LogP contribution is -2.44. The van der Waals surface area contributed by atoms with Crippen molar-refractivity contribution in [2.75, 3.05) is 13.2 Å². The van der Waals surface area contributed by atoms with E-state index in [0.717, 1.165) is 38.5 Å². The summed E-state index contributed by atoms with van der Waals surface area (Å²) < 4.78 is 0. The molecule has 0 atom stereocenters. The van der Waals surface area contributed by atoms with Gasteiger partial charge in [-0.3, -0.25) is 4.79 Å². The van der Waals surface area contributed by atoms with Crippen LogP contribution < -0.4 is 0 Å². The predicted octanol–water partition coefficient (Wildman–Crippen LogP) is 2.97. The van der Waals surface area contributed by atoms with E-state index in [9.17, 15) is 9.90 Å². The summed E-state index contributed by atoms with van der Waals surface area (Å²) >= 11 is 0. The van der Waals surface area contributed by atoms with Crippen LogP contribution in [0.3, 0.4) is 0 Å². The Morgan fingerprint density at radius 1 is 1.22 bits per heavy atom. The number of aliphatic hydroxyl groups is 1. The van der Waals surface area contributed by atoms with Crippen LogP contribution in [-0.4, -0.2) is 35.1 Å². The molecule has 0 unspecified atom stereocenters. The molecule has 1 fully saturated rings. The number of amides is 1. The van der Waals surface area contributed by atoms with Crippen molar-refractivity contribution >= 4 is 5.91 Å². The summed E-state index contributed by atoms with van der Waals surface area (Å²) in [6.45, 7) is 4.89. The van der Waals surface area contributed by atoms with Crippen molar-refractivity contribution in [3.8, 4) is 0 Å². The Morgan fingerprint density at radius 2 is 1.78 bits per heavy atom. The van der Waals surface area contributed by atoms with Crippen molar-refractivity contribution in [1.29, 1.82) is 0 Å². The third kappa shape index (κ3) is 4.27. The van der Waals surface area contributed by atoms with E-state index < -0.39 is 0 Å². The van der Waals surface area contributed by atoms with Gasteiger partial charge in [-0.2, -0.15) is 0 Å². The van der Waals surface area contributed by atoms with Crippen LogP contribution in [0.5, 0.6) is 0 Å². The quantitative estimate of drug-likeness (QED) is 0.724. The molecule has 0 heterocycles. The van der Waals surface area contributed by atoms with Crippen LogP contribution in [0, 0.1) is 5.92 Å². The minimum atomic E-state index is 0.0905. The van der Waals surface area contributed by atoms with Crippen molar-refractivity contribution in [3.05, 3.63) is 0 Å². The molecule has 0 saturated heterocycles. The van der Waals surface area contributed by atoms with E-state index in [1.54, 1.807) is 0 Å². The van der Waals surface area contributed by atoms with Crippen molar-refractivity contribution in [3.63, 3.8) is 0 Å². The fourth-order valence-corrected chi connectivity index (χ4v) is 3.12. The Hall–Kier alpha value is -0.570. The number of hydrogen-bond donors (Lipinski definition) is 1. The molecule has 0 bridgehead atoms. The highest BCUT2D eigenvalue weighted by Crippen LogP contribution is 2.26. The number of nitrogens with zero attached hydrogens (tertiary/aromatic N) is 1. The van der Waals surface area contributed by atoms with Gasteiger partial charge in [0, 0.05) is 18.5 Å². The van der Waals surface area contributed by atoms with Gasteiger partial charge in [-0.15, -0.1) is 0 Å². The van der Waals surface area contributed by atoms with E-state index in [1.807, 2.05) is 4.90 Å². The van der Waals surface area contributed by atoms with Crippen LogP contribution in [0.1, 0.15) is 65.2 Å². The maximum absolute atomic E-state index is 12.6. The molecule has 1 aliphatic carbocycles. The van der Waals surface area contributed by atoms with E-state index in [0.29, 0.717) is 18.5 Å². The van der Waals surface area contributed by atoms with Crippen LogP contribution >= 0.6 is 0 Å². The first kappa shape index (κ1) is 15.5. The normalized spacial score (nSPS) is 16.4. The highest BCUT2D eigenvalue weighted by molar-refractivity contribution is 5.79. The van der Waals surface area contributed by atoms with E-state index in [-0.39, 0.29) is 12.5 Å². The van der Waals surface area contributed by atoms with Gasteiger partial charge in [0.05, 0.1) is 6.61 Å². The van der Waals surface area contributed by atoms with E-state index in [2.05, 4.69) is 13.8 Å². The Bertz CT molecular complexity index is 231. The molecule has 1 saturated carbocycles. The molecule has 0 aromatic rings. The molecule has 0 aliphatic heterocycles. The van der Waals surface area contributed by atoms with Crippen LogP contribution in [0.25, 0.3) is 0 Å². The van der Waals surface area contributed by atoms with Crippen molar-refractivity contribution < 1.29 is 9.90 Å². The summed E-state index contributed by atoms with van der Waals surface area (Å²) in [5.74, 6) is 0.465. The second-order valence-corrected chi connectivity index (χ2v) is 5.47. The average Bonchev–Trinajstić information content (AvgIpc) is 2.88. The molecule has 0 spiro atoms. The number of rotatable bonds is 8. The smallest absolute Gasteiger partial charge is 0.226 e. The Morgan fingerprint density at radius 3 is 2.22 bits per heavy atom. The highest BCUT2D eigenvalue weighted by atomic mass is 16.3. The number of hydrogen-bond acceptors (Lipinski definition) is 2. The third-order valence-electron chi connectivity index (χ3n) is 4.01. The average molecular weight is 255 g/mol. The first-order valence-corrected chi connectivity index (χ1v) is 7.65. The topological polar surface area (TPSA) is 40.5 Å². The molecular weight excluding hydrogens is 226 g/mol. The monoisotopic (exact) mass is 255 g/mol. The fourth-order valence-electron chi connectivity index (χ4n) is 3.12. The second kappa shape index (κ2) is 8.52. The molecule has 1 aliphatic rings. The van der Waals surface area contributed by atoms with Crippen molar-refractivity contribution in [1.82, 2.24) is 4.90 Å². The van der Waals surface area contributed by atoms with Crippen molar-refractivity contribution in [2.45, 2.75) is 71.3 Å². The van der Waals surface area contributed by atoms with Gasteiger partial charge in [-0.1, -0.05) is 39.5 Å². The van der Waals surface area contributed by atoms with Gasteiger partial charge in [0.2, 0.25) is 5.91 Å². The Kier molecular flexibility index (Phi) is 7.33. The zero-order valence-corrected chi connectivity index (χ0v) is 12.0. The van der Waals surface area contributed by atoms with Gasteiger partial charge in [-0.05, 0) is 25.7 Å². The van der Waals surface area contributed by atoms with Gasteiger partial charge in [0.15, 0.2) is 0 Å². The van der Waals surface area contributed by atoms with Gasteiger partial charge in [0.25, 0.3) is 0 Å². The fraction of sp³-hybridized carbons (Fsp3) is 0.933. The summed E-state index contributed by atoms with van der Waals surface area (Å²) in [7, 11) is 0. The second-order valence-electron chi connectivity index (χ2n) is 5.47. The predicted molar refractivity (Wildman–Crippen MR) is 74.4 cm³/mol. The van der Waals surface area contributed by atoms with Gasteiger partial charge in [0.1, 0.15) is 0 Å². The Balaban J connectivity index is 2.65. The summed E-state index contributed by atoms with van der Waals surface area (Å²) in [4.78, 5) is 14.6. The molecule has 0 aromatic carbocycles. The van der Waals surface area contributed by atoms with Crippen LogP contribution in [0.2, 0.25) is 0 Å². The minimum Gasteiger partial charge on any atom is -0.395 e. The van der Waals surface area contributed by atoms with Gasteiger partial charge < -0.3 is 10.0 Å². The van der Waals surface area contributed by atoms with Crippen LogP contribution in [-0.2, 0) is 4.79 Å². The molecule has 3 nitrogen and oxygen atoms in total. The molecule has 0 radical (unpaired) electrons. The molecule has 0 aromatic heterocycles. The largest absolute Gasteiger partial charge is 0.395 e. The first-order valence-electron chi connectivity index (χ1n) is 7.65. The summed E-state index contributed by atoms with van der Waals surface area (Å²) in [6, 6.07) is 0.390. The number of aliphatic hydroxyl groups excluding tert-OH is 1. The summed E-state index contributed by atoms with van der Waals surface area (Å²) in [5.41, 5.74) is 0. The van der Waals surface area contributed by atoms with Crippen molar-refractivity contribution in [2.24, 2.45) is 5.92 Å². The van der Waals surface area contributed by atoms with Crippen LogP contribution in [0.4, 0.5) is 0 Å². The standard InChI is InChI=1S/C15H29NO2/c1-3-7-13(8-4-2)15(18)16(11-12-17)14-9-5-6-10-14/h13-14,17H,3-12H2,1-2H3. The lowest BCUT2D eigenvalue weighted by atomic mass is 9.95. The number of carbonyl (C=O) groups is 1. The molecule has 1 N–H and O–H groups in total. The molecule has 1 amide bonds. The molecule has 1 rings (SSSR count). The number of carbonyl (C=O) groups excluding carboxylic acids is 1. The molecular formula is C15H29NO2. The lowest BCUT2D eigenvalue weighted by molar-refractivity contribution is -0.139. The SMILES string of the molecule is CCCC(CCC)C(=O)N(CCO)C1CCCC1. The molecule has 3 heteroatoms. The maximum Gasteiger partial charge on any atom is 0.226 e. The zero-order valence-electron chi connectivity index (χ0n) is 12.0. The summed E-state index contributed by atoms with van der Waals surface area (Å²) in [6.07, 6.45) is 8.80. The van der Waals surface area contributed by atoms with Crippen LogP contribution in [0.15, 0.2) is 0 Å². The molecule has 18 heavy (non-hydrogen) atoms. The van der Waals surface area contributed by atoms with E-state index in [1.165, 1.54) is 12.8 Å². The lowest BCUT2D eigenvalue weighted by Gasteiger charge is -2.32. The first-order chi connectivity index (χ1) is 8.74.